The first-order chi connectivity index (χ1) is 9.06. The summed E-state index contributed by atoms with van der Waals surface area (Å²) in [7, 11) is 1.57. The Bertz CT molecular complexity index is 627. The van der Waals surface area contributed by atoms with E-state index < -0.39 is 5.82 Å². The lowest BCUT2D eigenvalue weighted by Gasteiger charge is -2.07. The molecule has 0 atom stereocenters. The minimum atomic E-state index is -0.517. The van der Waals surface area contributed by atoms with Crippen LogP contribution >= 0.6 is 23.2 Å². The van der Waals surface area contributed by atoms with Crippen molar-refractivity contribution in [3.8, 4) is 0 Å². The Balaban J connectivity index is 2.44. The minimum Gasteiger partial charge on any atom is -0.359 e. The van der Waals surface area contributed by atoms with Crippen LogP contribution in [-0.2, 0) is 17.2 Å². The quantitative estimate of drug-likeness (QED) is 0.883. The molecule has 0 saturated carbocycles. The molecule has 1 N–H and O–H groups in total. The molecule has 0 fully saturated rings. The first-order valence-corrected chi connectivity index (χ1v) is 6.58. The van der Waals surface area contributed by atoms with Crippen LogP contribution in [0.5, 0.6) is 0 Å². The molecule has 0 aliphatic rings. The fraction of sp³-hybridized carbons (Fsp3) is 0.333. The molecule has 0 bridgehead atoms. The van der Waals surface area contributed by atoms with Crippen molar-refractivity contribution in [2.45, 2.75) is 18.8 Å². The summed E-state index contributed by atoms with van der Waals surface area (Å²) in [6, 6.07) is 2.77. The van der Waals surface area contributed by atoms with Gasteiger partial charge in [0.15, 0.2) is 0 Å². The van der Waals surface area contributed by atoms with E-state index in [1.165, 1.54) is 12.1 Å². The standard InChI is InChI=1S/C12H12Cl2FN3O/c1-16-12(19)2-3-18-10-5-8(15)7(14)4-9(10)17-11(18)6-13/h4-5H,2-3,6H2,1H3,(H,16,19). The largest absolute Gasteiger partial charge is 0.359 e. The number of amides is 1. The van der Waals surface area contributed by atoms with E-state index in [-0.39, 0.29) is 23.2 Å². The second kappa shape index (κ2) is 5.75. The van der Waals surface area contributed by atoms with Gasteiger partial charge in [-0.15, -0.1) is 11.6 Å². The van der Waals surface area contributed by atoms with Crippen molar-refractivity contribution in [3.05, 3.63) is 28.8 Å². The highest BCUT2D eigenvalue weighted by atomic mass is 35.5. The Labute approximate surface area is 119 Å². The summed E-state index contributed by atoms with van der Waals surface area (Å²) in [5, 5.41) is 2.55. The molecule has 1 heterocycles. The van der Waals surface area contributed by atoms with Gasteiger partial charge in [0, 0.05) is 26.1 Å². The number of fused-ring (bicyclic) bond motifs is 1. The topological polar surface area (TPSA) is 46.9 Å². The fourth-order valence-corrected chi connectivity index (χ4v) is 2.22. The molecule has 7 heteroatoms. The van der Waals surface area contributed by atoms with Gasteiger partial charge >= 0.3 is 0 Å². The van der Waals surface area contributed by atoms with Crippen LogP contribution in [0.15, 0.2) is 12.1 Å². The molecule has 2 aromatic rings. The number of hydrogen-bond donors (Lipinski definition) is 1. The molecular formula is C12H12Cl2FN3O. The lowest BCUT2D eigenvalue weighted by molar-refractivity contribution is -0.120. The van der Waals surface area contributed by atoms with Crippen molar-refractivity contribution >= 4 is 40.1 Å². The van der Waals surface area contributed by atoms with E-state index in [1.54, 1.807) is 11.6 Å². The van der Waals surface area contributed by atoms with Crippen LogP contribution < -0.4 is 5.32 Å². The Morgan fingerprint density at radius 1 is 1.53 bits per heavy atom. The van der Waals surface area contributed by atoms with Gasteiger partial charge in [0.25, 0.3) is 0 Å². The monoisotopic (exact) mass is 303 g/mol. The molecule has 0 spiro atoms. The van der Waals surface area contributed by atoms with Gasteiger partial charge in [0.2, 0.25) is 5.91 Å². The van der Waals surface area contributed by atoms with Crippen molar-refractivity contribution in [3.63, 3.8) is 0 Å². The maximum atomic E-state index is 13.5. The third kappa shape index (κ3) is 2.82. The van der Waals surface area contributed by atoms with Gasteiger partial charge in [0.1, 0.15) is 11.6 Å². The number of carbonyl (C=O) groups excluding carboxylic acids is 1. The zero-order valence-corrected chi connectivity index (χ0v) is 11.7. The Kier molecular flexibility index (Phi) is 4.27. The van der Waals surface area contributed by atoms with Gasteiger partial charge < -0.3 is 9.88 Å². The number of halogens is 3. The number of benzene rings is 1. The maximum absolute atomic E-state index is 13.5. The van der Waals surface area contributed by atoms with Crippen LogP contribution in [-0.4, -0.2) is 22.5 Å². The SMILES string of the molecule is CNC(=O)CCn1c(CCl)nc2cc(Cl)c(F)cc21. The summed E-state index contributed by atoms with van der Waals surface area (Å²) in [5.74, 6) is 0.150. The van der Waals surface area contributed by atoms with Gasteiger partial charge in [0.05, 0.1) is 21.9 Å². The van der Waals surface area contributed by atoms with Crippen LogP contribution in [0.4, 0.5) is 4.39 Å². The summed E-state index contributed by atoms with van der Waals surface area (Å²) < 4.78 is 15.3. The normalized spacial score (nSPS) is 10.9. The van der Waals surface area contributed by atoms with Crippen LogP contribution in [0.2, 0.25) is 5.02 Å². The number of rotatable bonds is 4. The number of nitrogens with one attached hydrogen (secondary N) is 1. The fourth-order valence-electron chi connectivity index (χ4n) is 1.86. The highest BCUT2D eigenvalue weighted by Crippen LogP contribution is 2.24. The second-order valence-electron chi connectivity index (χ2n) is 3.99. The van der Waals surface area contributed by atoms with E-state index >= 15 is 0 Å². The molecule has 0 aliphatic heterocycles. The number of imidazole rings is 1. The van der Waals surface area contributed by atoms with E-state index in [0.717, 1.165) is 0 Å². The van der Waals surface area contributed by atoms with Gasteiger partial charge in [-0.25, -0.2) is 9.37 Å². The number of nitrogens with zero attached hydrogens (tertiary/aromatic N) is 2. The highest BCUT2D eigenvalue weighted by molar-refractivity contribution is 6.31. The van der Waals surface area contributed by atoms with E-state index in [2.05, 4.69) is 10.3 Å². The van der Waals surface area contributed by atoms with Gasteiger partial charge in [-0.1, -0.05) is 11.6 Å². The maximum Gasteiger partial charge on any atom is 0.221 e. The average Bonchev–Trinajstić information content (AvgIpc) is 2.73. The smallest absolute Gasteiger partial charge is 0.221 e. The molecule has 1 aromatic carbocycles. The van der Waals surface area contributed by atoms with Crippen molar-refractivity contribution in [1.82, 2.24) is 14.9 Å². The van der Waals surface area contributed by atoms with Crippen LogP contribution in [0, 0.1) is 5.82 Å². The third-order valence-electron chi connectivity index (χ3n) is 2.83. The summed E-state index contributed by atoms with van der Waals surface area (Å²) in [4.78, 5) is 15.6. The van der Waals surface area contributed by atoms with Crippen LogP contribution in [0.1, 0.15) is 12.2 Å². The predicted molar refractivity (Wildman–Crippen MR) is 72.9 cm³/mol. The lowest BCUT2D eigenvalue weighted by atomic mass is 10.3. The molecular weight excluding hydrogens is 292 g/mol. The first-order valence-electron chi connectivity index (χ1n) is 5.67. The highest BCUT2D eigenvalue weighted by Gasteiger charge is 2.13. The molecule has 0 radical (unpaired) electrons. The van der Waals surface area contributed by atoms with Crippen molar-refractivity contribution < 1.29 is 9.18 Å². The number of alkyl halides is 1. The zero-order valence-electron chi connectivity index (χ0n) is 10.2. The molecule has 19 heavy (non-hydrogen) atoms. The summed E-state index contributed by atoms with van der Waals surface area (Å²) >= 11 is 11.5. The number of carbonyl (C=O) groups is 1. The predicted octanol–water partition coefficient (Wildman–Crippen LogP) is 2.70. The number of aromatic nitrogens is 2. The summed E-state index contributed by atoms with van der Waals surface area (Å²) in [5.41, 5.74) is 1.15. The Hall–Kier alpha value is -1.33. The summed E-state index contributed by atoms with van der Waals surface area (Å²) in [6.45, 7) is 0.388. The molecule has 1 amide bonds. The van der Waals surface area contributed by atoms with E-state index in [1.807, 2.05) is 0 Å². The van der Waals surface area contributed by atoms with Crippen molar-refractivity contribution in [1.29, 1.82) is 0 Å². The van der Waals surface area contributed by atoms with Gasteiger partial charge in [-0.3, -0.25) is 4.79 Å². The van der Waals surface area contributed by atoms with Crippen LogP contribution in [0.25, 0.3) is 11.0 Å². The lowest BCUT2D eigenvalue weighted by Crippen LogP contribution is -2.20. The molecule has 102 valence electrons. The van der Waals surface area contributed by atoms with Crippen molar-refractivity contribution in [2.75, 3.05) is 7.05 Å². The van der Waals surface area contributed by atoms with Gasteiger partial charge in [-0.2, -0.15) is 0 Å². The zero-order chi connectivity index (χ0) is 14.0. The third-order valence-corrected chi connectivity index (χ3v) is 3.36. The summed E-state index contributed by atoms with van der Waals surface area (Å²) in [6.07, 6.45) is 0.274. The minimum absolute atomic E-state index is 0.0181. The Morgan fingerprint density at radius 2 is 2.26 bits per heavy atom. The van der Waals surface area contributed by atoms with Crippen LogP contribution in [0.3, 0.4) is 0 Å². The molecule has 0 saturated heterocycles. The molecule has 0 unspecified atom stereocenters. The Morgan fingerprint density at radius 3 is 2.89 bits per heavy atom. The molecule has 2 rings (SSSR count). The number of hydrogen-bond acceptors (Lipinski definition) is 2. The molecule has 4 nitrogen and oxygen atoms in total. The van der Waals surface area contributed by atoms with E-state index in [9.17, 15) is 9.18 Å². The first kappa shape index (κ1) is 14.1. The second-order valence-corrected chi connectivity index (χ2v) is 4.67. The van der Waals surface area contributed by atoms with E-state index in [4.69, 9.17) is 23.2 Å². The number of aryl methyl sites for hydroxylation is 1. The molecule has 0 aliphatic carbocycles. The average molecular weight is 304 g/mol. The van der Waals surface area contributed by atoms with Crippen molar-refractivity contribution in [2.24, 2.45) is 0 Å². The van der Waals surface area contributed by atoms with E-state index in [0.29, 0.717) is 23.4 Å². The molecule has 1 aromatic heterocycles. The van der Waals surface area contributed by atoms with Gasteiger partial charge in [-0.05, 0) is 6.07 Å².